The summed E-state index contributed by atoms with van der Waals surface area (Å²) in [6.07, 6.45) is 1.75. The summed E-state index contributed by atoms with van der Waals surface area (Å²) >= 11 is 1.71. The molecule has 106 valence electrons. The number of carbonyl (C=O) groups excluding carboxylic acids is 1. The van der Waals surface area contributed by atoms with Crippen LogP contribution in [0.5, 0.6) is 0 Å². The maximum Gasteiger partial charge on any atom is 0.236 e. The zero-order valence-electron chi connectivity index (χ0n) is 10.9. The van der Waals surface area contributed by atoms with E-state index in [0.29, 0.717) is 6.54 Å². The number of nitrogens with one attached hydrogen (secondary N) is 1. The largest absolute Gasteiger partial charge is 0.354 e. The molecule has 0 aliphatic carbocycles. The Bertz CT molecular complexity index is 369. The molecule has 0 saturated heterocycles. The van der Waals surface area contributed by atoms with Gasteiger partial charge in [-0.1, -0.05) is 6.92 Å². The van der Waals surface area contributed by atoms with Gasteiger partial charge in [0.15, 0.2) is 0 Å². The number of halogens is 2. The second kappa shape index (κ2) is 9.55. The van der Waals surface area contributed by atoms with E-state index < -0.39 is 6.04 Å². The molecule has 0 radical (unpaired) electrons. The highest BCUT2D eigenvalue weighted by atomic mass is 35.5. The van der Waals surface area contributed by atoms with Crippen molar-refractivity contribution in [2.24, 2.45) is 5.73 Å². The smallest absolute Gasteiger partial charge is 0.236 e. The van der Waals surface area contributed by atoms with Crippen molar-refractivity contribution in [3.63, 3.8) is 0 Å². The predicted molar refractivity (Wildman–Crippen MR) is 81.1 cm³/mol. The van der Waals surface area contributed by atoms with Crippen LogP contribution >= 0.6 is 36.2 Å². The summed E-state index contributed by atoms with van der Waals surface area (Å²) in [5, 5.41) is 3.86. The molecule has 0 bridgehead atoms. The molecule has 1 heterocycles. The van der Waals surface area contributed by atoms with Gasteiger partial charge in [-0.05, 0) is 20.3 Å². The average molecular weight is 314 g/mol. The number of aryl methyl sites for hydroxylation is 2. The van der Waals surface area contributed by atoms with E-state index in [2.05, 4.69) is 24.1 Å². The van der Waals surface area contributed by atoms with Crippen LogP contribution in [0.25, 0.3) is 0 Å². The van der Waals surface area contributed by atoms with Gasteiger partial charge in [0.1, 0.15) is 0 Å². The molecule has 1 atom stereocenters. The predicted octanol–water partition coefficient (Wildman–Crippen LogP) is 1.86. The van der Waals surface area contributed by atoms with E-state index in [0.717, 1.165) is 17.8 Å². The molecule has 1 amide bonds. The van der Waals surface area contributed by atoms with Crippen LogP contribution in [-0.4, -0.2) is 23.5 Å². The normalized spacial score (nSPS) is 11.1. The lowest BCUT2D eigenvalue weighted by Crippen LogP contribution is -2.39. The van der Waals surface area contributed by atoms with Gasteiger partial charge in [0.25, 0.3) is 0 Å². The van der Waals surface area contributed by atoms with Gasteiger partial charge in [-0.2, -0.15) is 0 Å². The molecule has 0 aliphatic heterocycles. The zero-order chi connectivity index (χ0) is 12.1. The quantitative estimate of drug-likeness (QED) is 0.872. The Morgan fingerprint density at radius 3 is 2.56 bits per heavy atom. The third kappa shape index (κ3) is 6.00. The van der Waals surface area contributed by atoms with Crippen LogP contribution in [0.3, 0.4) is 0 Å². The maximum atomic E-state index is 11.2. The molecule has 3 N–H and O–H groups in total. The van der Waals surface area contributed by atoms with Crippen molar-refractivity contribution < 1.29 is 4.79 Å². The topological polar surface area (TPSA) is 68.0 Å². The maximum absolute atomic E-state index is 11.2. The number of nitrogens with two attached hydrogens (primary N) is 1. The first-order chi connectivity index (χ1) is 7.54. The second-order valence-electron chi connectivity index (χ2n) is 3.79. The molecule has 7 heteroatoms. The van der Waals surface area contributed by atoms with Crippen molar-refractivity contribution in [1.29, 1.82) is 0 Å². The van der Waals surface area contributed by atoms with Gasteiger partial charge < -0.3 is 11.1 Å². The van der Waals surface area contributed by atoms with Crippen molar-refractivity contribution in [3.8, 4) is 0 Å². The van der Waals surface area contributed by atoms with E-state index in [1.165, 1.54) is 10.6 Å². The number of nitrogens with zero attached hydrogens (tertiary/aromatic N) is 1. The first-order valence-electron chi connectivity index (χ1n) is 5.53. The minimum atomic E-state index is -0.441. The Hall–Kier alpha value is -0.360. The van der Waals surface area contributed by atoms with Gasteiger partial charge in [0, 0.05) is 17.8 Å². The first kappa shape index (κ1) is 20.0. The summed E-state index contributed by atoms with van der Waals surface area (Å²) in [5.74, 6) is -0.107. The number of hydrogen-bond donors (Lipinski definition) is 2. The Balaban J connectivity index is 0. The zero-order valence-corrected chi connectivity index (χ0v) is 13.3. The Kier molecular flexibility index (Phi) is 10.6. The number of hydrogen-bond acceptors (Lipinski definition) is 4. The monoisotopic (exact) mass is 313 g/mol. The summed E-state index contributed by atoms with van der Waals surface area (Å²) in [6.45, 7) is 6.47. The van der Waals surface area contributed by atoms with Crippen molar-refractivity contribution in [2.45, 2.75) is 39.7 Å². The Morgan fingerprint density at radius 1 is 1.50 bits per heavy atom. The van der Waals surface area contributed by atoms with E-state index in [1.54, 1.807) is 18.3 Å². The lowest BCUT2D eigenvalue weighted by Gasteiger charge is -2.05. The van der Waals surface area contributed by atoms with E-state index >= 15 is 0 Å². The van der Waals surface area contributed by atoms with Crippen LogP contribution in [0.2, 0.25) is 0 Å². The fourth-order valence-corrected chi connectivity index (χ4v) is 2.40. The average Bonchev–Trinajstić information content (AvgIpc) is 2.58. The molecule has 4 nitrogen and oxygen atoms in total. The van der Waals surface area contributed by atoms with Crippen LogP contribution in [0.1, 0.15) is 29.4 Å². The number of carbonyl (C=O) groups is 1. The van der Waals surface area contributed by atoms with Crippen LogP contribution in [0.15, 0.2) is 0 Å². The van der Waals surface area contributed by atoms with Gasteiger partial charge in [-0.3, -0.25) is 4.79 Å². The SMILES string of the molecule is CCc1nc(CCNC(=O)[C@@H](C)N)sc1C.Cl.Cl. The summed E-state index contributed by atoms with van der Waals surface area (Å²) in [7, 11) is 0. The lowest BCUT2D eigenvalue weighted by molar-refractivity contribution is -0.121. The summed E-state index contributed by atoms with van der Waals surface area (Å²) in [6, 6.07) is -0.441. The van der Waals surface area contributed by atoms with Crippen LogP contribution in [0, 0.1) is 6.92 Å². The molecule has 0 spiro atoms. The fraction of sp³-hybridized carbons (Fsp3) is 0.636. The molecule has 18 heavy (non-hydrogen) atoms. The minimum Gasteiger partial charge on any atom is -0.354 e. The highest BCUT2D eigenvalue weighted by Gasteiger charge is 2.08. The second-order valence-corrected chi connectivity index (χ2v) is 5.08. The standard InChI is InChI=1S/C11H19N3OS.2ClH/c1-4-9-8(3)16-10(14-9)5-6-13-11(15)7(2)12;;/h7H,4-6,12H2,1-3H3,(H,13,15);2*1H/t7-;;/m1../s1. The van der Waals surface area contributed by atoms with Crippen LogP contribution in [0.4, 0.5) is 0 Å². The summed E-state index contributed by atoms with van der Waals surface area (Å²) in [5.41, 5.74) is 6.61. The summed E-state index contributed by atoms with van der Waals surface area (Å²) in [4.78, 5) is 17.0. The minimum absolute atomic E-state index is 0. The molecule has 0 fully saturated rings. The number of amides is 1. The molecule has 0 unspecified atom stereocenters. The molecular formula is C11H21Cl2N3OS. The van der Waals surface area contributed by atoms with Crippen LogP contribution in [-0.2, 0) is 17.6 Å². The van der Waals surface area contributed by atoms with Gasteiger partial charge in [0.05, 0.1) is 16.7 Å². The van der Waals surface area contributed by atoms with Gasteiger partial charge in [0.2, 0.25) is 5.91 Å². The third-order valence-electron chi connectivity index (χ3n) is 2.32. The molecule has 1 aromatic rings. The Labute approximate surface area is 125 Å². The Morgan fingerprint density at radius 2 is 2.11 bits per heavy atom. The highest BCUT2D eigenvalue weighted by Crippen LogP contribution is 2.17. The molecule has 0 saturated carbocycles. The van der Waals surface area contributed by atoms with Crippen LogP contribution < -0.4 is 11.1 Å². The van der Waals surface area contributed by atoms with Gasteiger partial charge >= 0.3 is 0 Å². The molecular weight excluding hydrogens is 293 g/mol. The van der Waals surface area contributed by atoms with Crippen molar-refractivity contribution in [1.82, 2.24) is 10.3 Å². The van der Waals surface area contributed by atoms with Crippen molar-refractivity contribution >= 4 is 42.1 Å². The fourth-order valence-electron chi connectivity index (χ4n) is 1.38. The van der Waals surface area contributed by atoms with Gasteiger partial charge in [-0.15, -0.1) is 36.2 Å². The molecule has 0 aliphatic rings. The molecule has 1 aromatic heterocycles. The number of rotatable bonds is 5. The third-order valence-corrected chi connectivity index (χ3v) is 3.40. The van der Waals surface area contributed by atoms with E-state index in [9.17, 15) is 4.79 Å². The van der Waals surface area contributed by atoms with E-state index in [4.69, 9.17) is 5.73 Å². The number of thiazole rings is 1. The van der Waals surface area contributed by atoms with E-state index in [-0.39, 0.29) is 30.7 Å². The molecule has 0 aromatic carbocycles. The molecule has 1 rings (SSSR count). The first-order valence-corrected chi connectivity index (χ1v) is 6.34. The highest BCUT2D eigenvalue weighted by molar-refractivity contribution is 7.11. The lowest BCUT2D eigenvalue weighted by atomic mass is 10.3. The van der Waals surface area contributed by atoms with Gasteiger partial charge in [-0.25, -0.2) is 4.98 Å². The van der Waals surface area contributed by atoms with E-state index in [1.807, 2.05) is 0 Å². The number of aromatic nitrogens is 1. The summed E-state index contributed by atoms with van der Waals surface area (Å²) < 4.78 is 0. The van der Waals surface area contributed by atoms with Crippen molar-refractivity contribution in [2.75, 3.05) is 6.54 Å². The van der Waals surface area contributed by atoms with Crippen molar-refractivity contribution in [3.05, 3.63) is 15.6 Å².